The van der Waals surface area contributed by atoms with E-state index in [-0.39, 0.29) is 12.1 Å². The smallest absolute Gasteiger partial charge is 0.124 e. The Morgan fingerprint density at radius 2 is 1.95 bits per heavy atom. The summed E-state index contributed by atoms with van der Waals surface area (Å²) in [6.07, 6.45) is 2.23. The molecule has 0 aliphatic heterocycles. The van der Waals surface area contributed by atoms with Crippen LogP contribution in [0.15, 0.2) is 30.5 Å². The lowest BCUT2D eigenvalue weighted by Gasteiger charge is -2.22. The molecule has 0 aliphatic carbocycles. The van der Waals surface area contributed by atoms with Crippen molar-refractivity contribution in [2.45, 2.75) is 39.8 Å². The lowest BCUT2D eigenvalue weighted by molar-refractivity contribution is 0.238. The number of rotatable bonds is 6. The SMILES string of the molecule is CCNC(c1ccccc1OC(C)C)c1cn(C)nc1C. The molecule has 4 heteroatoms. The molecule has 0 radical (unpaired) electrons. The number of benzene rings is 1. The van der Waals surface area contributed by atoms with Crippen LogP contribution in [-0.2, 0) is 7.05 Å². The number of hydrogen-bond donors (Lipinski definition) is 1. The molecule has 1 atom stereocenters. The molecule has 0 bridgehead atoms. The van der Waals surface area contributed by atoms with Crippen molar-refractivity contribution in [2.24, 2.45) is 7.05 Å². The highest BCUT2D eigenvalue weighted by Crippen LogP contribution is 2.31. The van der Waals surface area contributed by atoms with Crippen LogP contribution >= 0.6 is 0 Å². The highest BCUT2D eigenvalue weighted by Gasteiger charge is 2.21. The third-order valence-corrected chi connectivity index (χ3v) is 3.36. The van der Waals surface area contributed by atoms with Gasteiger partial charge in [0, 0.05) is 24.4 Å². The highest BCUT2D eigenvalue weighted by molar-refractivity contribution is 5.42. The number of nitrogens with zero attached hydrogens (tertiary/aromatic N) is 2. The van der Waals surface area contributed by atoms with E-state index in [0.717, 1.165) is 23.6 Å². The standard InChI is InChI=1S/C17H25N3O/c1-6-18-17(15-11-20(5)19-13(15)4)14-9-7-8-10-16(14)21-12(2)3/h7-12,17-18H,6H2,1-5H3. The summed E-state index contributed by atoms with van der Waals surface area (Å²) in [6.45, 7) is 9.15. The van der Waals surface area contributed by atoms with Gasteiger partial charge in [-0.1, -0.05) is 25.1 Å². The van der Waals surface area contributed by atoms with E-state index in [1.807, 2.05) is 44.6 Å². The first-order valence-corrected chi connectivity index (χ1v) is 7.52. The molecule has 2 aromatic rings. The molecule has 1 aromatic heterocycles. The lowest BCUT2D eigenvalue weighted by atomic mass is 9.98. The van der Waals surface area contributed by atoms with Gasteiger partial charge in [-0.2, -0.15) is 5.10 Å². The predicted octanol–water partition coefficient (Wildman–Crippen LogP) is 3.21. The number of nitrogens with one attached hydrogen (secondary N) is 1. The van der Waals surface area contributed by atoms with Crippen LogP contribution < -0.4 is 10.1 Å². The number of ether oxygens (including phenoxy) is 1. The van der Waals surface area contributed by atoms with Gasteiger partial charge >= 0.3 is 0 Å². The van der Waals surface area contributed by atoms with Gasteiger partial charge in [-0.25, -0.2) is 0 Å². The second-order valence-electron chi connectivity index (χ2n) is 5.54. The van der Waals surface area contributed by atoms with Crippen LogP contribution in [0.3, 0.4) is 0 Å². The first-order chi connectivity index (χ1) is 10.0. The van der Waals surface area contributed by atoms with E-state index in [1.54, 1.807) is 0 Å². The fourth-order valence-corrected chi connectivity index (χ4v) is 2.57. The minimum absolute atomic E-state index is 0.0960. The van der Waals surface area contributed by atoms with Crippen LogP contribution in [-0.4, -0.2) is 22.4 Å². The predicted molar refractivity (Wildman–Crippen MR) is 85.7 cm³/mol. The summed E-state index contributed by atoms with van der Waals surface area (Å²) in [5.74, 6) is 0.932. The van der Waals surface area contributed by atoms with Gasteiger partial charge in [0.15, 0.2) is 0 Å². The minimum atomic E-state index is 0.0960. The normalized spacial score (nSPS) is 12.7. The van der Waals surface area contributed by atoms with Crippen LogP contribution in [0.4, 0.5) is 0 Å². The molecular formula is C17H25N3O. The fourth-order valence-electron chi connectivity index (χ4n) is 2.57. The summed E-state index contributed by atoms with van der Waals surface area (Å²) in [6, 6.07) is 8.32. The number of aryl methyl sites for hydroxylation is 2. The zero-order valence-corrected chi connectivity index (χ0v) is 13.6. The first-order valence-electron chi connectivity index (χ1n) is 7.52. The number of aromatic nitrogens is 2. The second-order valence-corrected chi connectivity index (χ2v) is 5.54. The maximum atomic E-state index is 5.97. The summed E-state index contributed by atoms with van der Waals surface area (Å²) in [5.41, 5.74) is 3.39. The van der Waals surface area contributed by atoms with Crippen LogP contribution in [0.1, 0.15) is 43.6 Å². The van der Waals surface area contributed by atoms with Crippen LogP contribution in [0.2, 0.25) is 0 Å². The third-order valence-electron chi connectivity index (χ3n) is 3.36. The zero-order valence-electron chi connectivity index (χ0n) is 13.6. The third kappa shape index (κ3) is 3.64. The van der Waals surface area contributed by atoms with Gasteiger partial charge in [-0.3, -0.25) is 4.68 Å². The largest absolute Gasteiger partial charge is 0.491 e. The Hall–Kier alpha value is -1.81. The number of hydrogen-bond acceptors (Lipinski definition) is 3. The Balaban J connectivity index is 2.45. The monoisotopic (exact) mass is 287 g/mol. The maximum Gasteiger partial charge on any atom is 0.124 e. The quantitative estimate of drug-likeness (QED) is 0.886. The van der Waals surface area contributed by atoms with Crippen molar-refractivity contribution in [3.8, 4) is 5.75 Å². The molecule has 1 aromatic carbocycles. The molecular weight excluding hydrogens is 262 g/mol. The summed E-state index contributed by atoms with van der Waals surface area (Å²) in [5, 5.41) is 8.02. The molecule has 0 saturated carbocycles. The van der Waals surface area contributed by atoms with Crippen LogP contribution in [0, 0.1) is 6.92 Å². The van der Waals surface area contributed by atoms with Gasteiger partial charge in [0.05, 0.1) is 17.8 Å². The van der Waals surface area contributed by atoms with Crippen molar-refractivity contribution < 1.29 is 4.74 Å². The molecule has 0 spiro atoms. The number of para-hydroxylation sites is 1. The molecule has 0 aliphatic rings. The van der Waals surface area contributed by atoms with Crippen molar-refractivity contribution >= 4 is 0 Å². The second kappa shape index (κ2) is 6.76. The molecule has 21 heavy (non-hydrogen) atoms. The Bertz CT molecular complexity index is 589. The van der Waals surface area contributed by atoms with Gasteiger partial charge in [-0.15, -0.1) is 0 Å². The van der Waals surface area contributed by atoms with E-state index < -0.39 is 0 Å². The van der Waals surface area contributed by atoms with Crippen molar-refractivity contribution in [1.82, 2.24) is 15.1 Å². The molecule has 4 nitrogen and oxygen atoms in total. The van der Waals surface area contributed by atoms with Gasteiger partial charge in [0.1, 0.15) is 5.75 Å². The minimum Gasteiger partial charge on any atom is -0.491 e. The molecule has 1 N–H and O–H groups in total. The van der Waals surface area contributed by atoms with Gasteiger partial charge < -0.3 is 10.1 Å². The van der Waals surface area contributed by atoms with E-state index in [1.165, 1.54) is 5.56 Å². The van der Waals surface area contributed by atoms with E-state index in [4.69, 9.17) is 4.74 Å². The zero-order chi connectivity index (χ0) is 15.4. The van der Waals surface area contributed by atoms with E-state index in [9.17, 15) is 0 Å². The average Bonchev–Trinajstić information content (AvgIpc) is 2.75. The van der Waals surface area contributed by atoms with Crippen LogP contribution in [0.5, 0.6) is 5.75 Å². The lowest BCUT2D eigenvalue weighted by Crippen LogP contribution is -2.23. The molecule has 0 saturated heterocycles. The van der Waals surface area contributed by atoms with E-state index in [2.05, 4.69) is 35.7 Å². The Labute approximate surface area is 127 Å². The van der Waals surface area contributed by atoms with Crippen molar-refractivity contribution in [1.29, 1.82) is 0 Å². The first kappa shape index (κ1) is 15.6. The van der Waals surface area contributed by atoms with Crippen LogP contribution in [0.25, 0.3) is 0 Å². The summed E-state index contributed by atoms with van der Waals surface area (Å²) in [4.78, 5) is 0. The van der Waals surface area contributed by atoms with Crippen molar-refractivity contribution in [2.75, 3.05) is 6.54 Å². The topological polar surface area (TPSA) is 39.1 Å². The van der Waals surface area contributed by atoms with Crippen molar-refractivity contribution in [3.05, 3.63) is 47.3 Å². The van der Waals surface area contributed by atoms with E-state index >= 15 is 0 Å². The molecule has 114 valence electrons. The molecule has 0 fully saturated rings. The Morgan fingerprint density at radius 3 is 2.52 bits per heavy atom. The summed E-state index contributed by atoms with van der Waals surface area (Å²) in [7, 11) is 1.95. The van der Waals surface area contributed by atoms with Crippen molar-refractivity contribution in [3.63, 3.8) is 0 Å². The summed E-state index contributed by atoms with van der Waals surface area (Å²) >= 11 is 0. The van der Waals surface area contributed by atoms with Gasteiger partial charge in [-0.05, 0) is 33.4 Å². The average molecular weight is 287 g/mol. The Kier molecular flexibility index (Phi) is 5.02. The Morgan fingerprint density at radius 1 is 1.24 bits per heavy atom. The van der Waals surface area contributed by atoms with E-state index in [0.29, 0.717) is 0 Å². The molecule has 2 rings (SSSR count). The fraction of sp³-hybridized carbons (Fsp3) is 0.471. The van der Waals surface area contributed by atoms with Gasteiger partial charge in [0.2, 0.25) is 0 Å². The molecule has 0 amide bonds. The summed E-state index contributed by atoms with van der Waals surface area (Å²) < 4.78 is 7.84. The molecule has 1 heterocycles. The highest BCUT2D eigenvalue weighted by atomic mass is 16.5. The maximum absolute atomic E-state index is 5.97. The van der Waals surface area contributed by atoms with Gasteiger partial charge in [0.25, 0.3) is 0 Å². The molecule has 1 unspecified atom stereocenters.